The van der Waals surface area contributed by atoms with Gasteiger partial charge in [0.2, 0.25) is 0 Å². The van der Waals surface area contributed by atoms with E-state index in [9.17, 15) is 9.59 Å². The third-order valence-corrected chi connectivity index (χ3v) is 4.47. The van der Waals surface area contributed by atoms with Crippen LogP contribution in [-0.2, 0) is 11.3 Å². The molecule has 1 aromatic heterocycles. The largest absolute Gasteiger partial charge is 0.447 e. The monoisotopic (exact) mass is 373 g/mol. The van der Waals surface area contributed by atoms with E-state index in [0.717, 1.165) is 11.1 Å². The van der Waals surface area contributed by atoms with Gasteiger partial charge in [-0.1, -0.05) is 42.5 Å². The van der Waals surface area contributed by atoms with Gasteiger partial charge in [-0.15, -0.1) is 0 Å². The van der Waals surface area contributed by atoms with Crippen LogP contribution in [0.15, 0.2) is 73.1 Å². The highest BCUT2D eigenvalue weighted by molar-refractivity contribution is 6.07. The Hall–Kier alpha value is -3.67. The fraction of sp³-hybridized carbons (Fsp3) is 0.136. The first kappa shape index (κ1) is 17.7. The molecule has 1 aliphatic heterocycles. The summed E-state index contributed by atoms with van der Waals surface area (Å²) in [6, 6.07) is 17.1. The molecule has 2 heterocycles. The highest BCUT2D eigenvalue weighted by Crippen LogP contribution is 2.20. The van der Waals surface area contributed by atoms with Crippen molar-refractivity contribution in [2.75, 3.05) is 18.1 Å². The summed E-state index contributed by atoms with van der Waals surface area (Å²) in [7, 11) is 0. The number of anilines is 1. The zero-order valence-corrected chi connectivity index (χ0v) is 15.2. The highest BCUT2D eigenvalue weighted by Gasteiger charge is 2.23. The van der Waals surface area contributed by atoms with Crippen molar-refractivity contribution >= 4 is 23.6 Å². The number of benzene rings is 2. The second-order valence-electron chi connectivity index (χ2n) is 6.47. The lowest BCUT2D eigenvalue weighted by atomic mass is 10.1. The van der Waals surface area contributed by atoms with Gasteiger partial charge in [-0.3, -0.25) is 14.4 Å². The summed E-state index contributed by atoms with van der Waals surface area (Å²) < 4.78 is 6.78. The standard InChI is InChI=1S/C22H19N3O3/c26-21(19-7-4-8-20(13-19)25-11-12-28-22(25)27)10-9-18-14-23-24(16-18)15-17-5-2-1-3-6-17/h1-10,13-14,16H,11-12,15H2. The smallest absolute Gasteiger partial charge is 0.414 e. The number of nitrogens with zero attached hydrogens (tertiary/aromatic N) is 3. The quantitative estimate of drug-likeness (QED) is 0.487. The Morgan fingerprint density at radius 3 is 2.79 bits per heavy atom. The summed E-state index contributed by atoms with van der Waals surface area (Å²) in [5.41, 5.74) is 3.19. The Morgan fingerprint density at radius 2 is 2.00 bits per heavy atom. The minimum Gasteiger partial charge on any atom is -0.447 e. The number of ether oxygens (including phenoxy) is 1. The Bertz CT molecular complexity index is 1020. The number of carbonyl (C=O) groups excluding carboxylic acids is 2. The molecule has 0 radical (unpaired) electrons. The van der Waals surface area contributed by atoms with Crippen molar-refractivity contribution in [2.24, 2.45) is 0 Å². The molecule has 140 valence electrons. The average Bonchev–Trinajstić information content (AvgIpc) is 3.36. The maximum atomic E-state index is 12.5. The number of amides is 1. The van der Waals surface area contributed by atoms with Gasteiger partial charge in [-0.2, -0.15) is 5.10 Å². The molecule has 1 aliphatic rings. The molecule has 0 N–H and O–H groups in total. The highest BCUT2D eigenvalue weighted by atomic mass is 16.6. The first-order valence-corrected chi connectivity index (χ1v) is 9.02. The van der Waals surface area contributed by atoms with E-state index >= 15 is 0 Å². The number of rotatable bonds is 6. The lowest BCUT2D eigenvalue weighted by Gasteiger charge is -2.13. The van der Waals surface area contributed by atoms with Gasteiger partial charge in [0, 0.05) is 23.0 Å². The van der Waals surface area contributed by atoms with Crippen LogP contribution in [0.4, 0.5) is 10.5 Å². The van der Waals surface area contributed by atoms with E-state index in [0.29, 0.717) is 30.9 Å². The van der Waals surface area contributed by atoms with E-state index in [1.54, 1.807) is 36.5 Å². The molecule has 28 heavy (non-hydrogen) atoms. The van der Waals surface area contributed by atoms with Crippen molar-refractivity contribution < 1.29 is 14.3 Å². The third-order valence-electron chi connectivity index (χ3n) is 4.47. The van der Waals surface area contributed by atoms with Gasteiger partial charge >= 0.3 is 6.09 Å². The predicted molar refractivity (Wildman–Crippen MR) is 106 cm³/mol. The Morgan fingerprint density at radius 1 is 1.14 bits per heavy atom. The molecule has 1 saturated heterocycles. The molecule has 2 aromatic carbocycles. The molecule has 6 heteroatoms. The summed E-state index contributed by atoms with van der Waals surface area (Å²) in [4.78, 5) is 25.7. The molecule has 6 nitrogen and oxygen atoms in total. The first-order chi connectivity index (χ1) is 13.7. The van der Waals surface area contributed by atoms with Crippen molar-refractivity contribution in [1.29, 1.82) is 0 Å². The van der Waals surface area contributed by atoms with Crippen molar-refractivity contribution in [2.45, 2.75) is 6.54 Å². The molecular formula is C22H19N3O3. The summed E-state index contributed by atoms with van der Waals surface area (Å²) >= 11 is 0. The van der Waals surface area contributed by atoms with Gasteiger partial charge in [-0.05, 0) is 29.8 Å². The molecule has 0 atom stereocenters. The Labute approximate surface area is 162 Å². The minimum atomic E-state index is -0.383. The van der Waals surface area contributed by atoms with Crippen molar-refractivity contribution in [3.05, 3.63) is 89.8 Å². The molecule has 1 amide bonds. The van der Waals surface area contributed by atoms with E-state index < -0.39 is 0 Å². The van der Waals surface area contributed by atoms with Crippen LogP contribution in [-0.4, -0.2) is 34.8 Å². The number of allylic oxidation sites excluding steroid dienone is 1. The van der Waals surface area contributed by atoms with E-state index in [1.165, 1.54) is 11.0 Å². The molecule has 1 fully saturated rings. The number of aromatic nitrogens is 2. The number of ketones is 1. The van der Waals surface area contributed by atoms with E-state index in [2.05, 4.69) is 5.10 Å². The molecular weight excluding hydrogens is 354 g/mol. The van der Waals surface area contributed by atoms with E-state index in [4.69, 9.17) is 4.74 Å². The molecule has 0 unspecified atom stereocenters. The van der Waals surface area contributed by atoms with Gasteiger partial charge in [-0.25, -0.2) is 4.79 Å². The van der Waals surface area contributed by atoms with Gasteiger partial charge in [0.05, 0.1) is 19.3 Å². The van der Waals surface area contributed by atoms with Crippen LogP contribution in [0.2, 0.25) is 0 Å². The van der Waals surface area contributed by atoms with Crippen LogP contribution in [0.25, 0.3) is 6.08 Å². The molecule has 0 aliphatic carbocycles. The Balaban J connectivity index is 1.44. The van der Waals surface area contributed by atoms with Crippen LogP contribution in [0, 0.1) is 0 Å². The summed E-state index contributed by atoms with van der Waals surface area (Å²) in [6.45, 7) is 1.54. The maximum Gasteiger partial charge on any atom is 0.414 e. The van der Waals surface area contributed by atoms with Crippen LogP contribution in [0.1, 0.15) is 21.5 Å². The number of hydrogen-bond acceptors (Lipinski definition) is 4. The zero-order chi connectivity index (χ0) is 19.3. The summed E-state index contributed by atoms with van der Waals surface area (Å²) in [5, 5.41) is 4.33. The van der Waals surface area contributed by atoms with Gasteiger partial charge < -0.3 is 4.74 Å². The number of hydrogen-bond donors (Lipinski definition) is 0. The van der Waals surface area contributed by atoms with Crippen LogP contribution in [0.5, 0.6) is 0 Å². The lowest BCUT2D eigenvalue weighted by molar-refractivity contribution is 0.104. The van der Waals surface area contributed by atoms with Gasteiger partial charge in [0.15, 0.2) is 5.78 Å². The van der Waals surface area contributed by atoms with Crippen molar-refractivity contribution in [1.82, 2.24) is 9.78 Å². The second kappa shape index (κ2) is 7.92. The van der Waals surface area contributed by atoms with Crippen LogP contribution < -0.4 is 4.90 Å². The Kier molecular flexibility index (Phi) is 5.01. The fourth-order valence-corrected chi connectivity index (χ4v) is 3.05. The third kappa shape index (κ3) is 4.01. The van der Waals surface area contributed by atoms with Crippen molar-refractivity contribution in [3.63, 3.8) is 0 Å². The second-order valence-corrected chi connectivity index (χ2v) is 6.47. The number of cyclic esters (lactones) is 1. The van der Waals surface area contributed by atoms with Crippen LogP contribution >= 0.6 is 0 Å². The first-order valence-electron chi connectivity index (χ1n) is 9.02. The SMILES string of the molecule is O=C(C=Cc1cnn(Cc2ccccc2)c1)c1cccc(N2CCOC2=O)c1. The normalized spacial score (nSPS) is 13.9. The lowest BCUT2D eigenvalue weighted by Crippen LogP contribution is -2.23. The summed E-state index contributed by atoms with van der Waals surface area (Å²) in [6.07, 6.45) is 6.50. The fourth-order valence-electron chi connectivity index (χ4n) is 3.05. The molecule has 0 saturated carbocycles. The van der Waals surface area contributed by atoms with Crippen molar-refractivity contribution in [3.8, 4) is 0 Å². The molecule has 0 bridgehead atoms. The predicted octanol–water partition coefficient (Wildman–Crippen LogP) is 3.78. The minimum absolute atomic E-state index is 0.134. The summed E-state index contributed by atoms with van der Waals surface area (Å²) in [5.74, 6) is -0.134. The topological polar surface area (TPSA) is 64.4 Å². The van der Waals surface area contributed by atoms with E-state index in [1.807, 2.05) is 41.2 Å². The van der Waals surface area contributed by atoms with E-state index in [-0.39, 0.29) is 11.9 Å². The molecule has 4 rings (SSSR count). The zero-order valence-electron chi connectivity index (χ0n) is 15.2. The van der Waals surface area contributed by atoms with Gasteiger partial charge in [0.1, 0.15) is 6.61 Å². The van der Waals surface area contributed by atoms with Gasteiger partial charge in [0.25, 0.3) is 0 Å². The molecule has 3 aromatic rings. The maximum absolute atomic E-state index is 12.5. The number of carbonyl (C=O) groups is 2. The molecule has 0 spiro atoms. The average molecular weight is 373 g/mol. The van der Waals surface area contributed by atoms with Crippen LogP contribution in [0.3, 0.4) is 0 Å².